The first-order chi connectivity index (χ1) is 8.90. The second-order valence-corrected chi connectivity index (χ2v) is 3.58. The number of aryl methyl sites for hydroxylation is 1. The van der Waals surface area contributed by atoms with Gasteiger partial charge in [0.25, 0.3) is 0 Å². The van der Waals surface area contributed by atoms with Gasteiger partial charge in [-0.25, -0.2) is 0 Å². The van der Waals surface area contributed by atoms with Gasteiger partial charge < -0.3 is 9.47 Å². The minimum atomic E-state index is 0.668. The van der Waals surface area contributed by atoms with Crippen LogP contribution in [0.2, 0.25) is 0 Å². The lowest BCUT2D eigenvalue weighted by Crippen LogP contribution is -2.15. The minimum Gasteiger partial charge on any atom is -0.486 e. The van der Waals surface area contributed by atoms with E-state index in [1.54, 1.807) is 0 Å². The van der Waals surface area contributed by atoms with Crippen molar-refractivity contribution in [3.63, 3.8) is 0 Å². The Bertz CT molecular complexity index is 308. The van der Waals surface area contributed by atoms with Gasteiger partial charge in [-0.05, 0) is 30.5 Å². The normalized spacial score (nSPS) is 11.6. The van der Waals surface area contributed by atoms with Crippen LogP contribution in [-0.2, 0) is 6.42 Å². The third-order valence-electron chi connectivity index (χ3n) is 2.43. The Kier molecular flexibility index (Phi) is 10.2. The van der Waals surface area contributed by atoms with Crippen LogP contribution in [0.1, 0.15) is 53.0 Å². The highest BCUT2D eigenvalue weighted by Crippen LogP contribution is 2.31. The van der Waals surface area contributed by atoms with Gasteiger partial charge in [-0.3, -0.25) is 0 Å². The van der Waals surface area contributed by atoms with E-state index in [-0.39, 0.29) is 0 Å². The van der Waals surface area contributed by atoms with E-state index in [4.69, 9.17) is 9.47 Å². The molecule has 0 aromatic heterocycles. The molecule has 0 bridgehead atoms. The van der Waals surface area contributed by atoms with Crippen LogP contribution in [0.3, 0.4) is 0 Å². The standard InChI is InChI=1S/C12H16O2.2C2H6/c1-2-3-4-10-5-6-11-12(9-10)14-8-7-13-11;2*1-2/h5-6,9H,2-4,7-8H2,1H3;2*1-2H3. The molecule has 2 rings (SSSR count). The van der Waals surface area contributed by atoms with Crippen molar-refractivity contribution in [1.82, 2.24) is 0 Å². The highest BCUT2D eigenvalue weighted by Gasteiger charge is 2.10. The van der Waals surface area contributed by atoms with Crippen LogP contribution >= 0.6 is 0 Å². The highest BCUT2D eigenvalue weighted by atomic mass is 16.6. The summed E-state index contributed by atoms with van der Waals surface area (Å²) in [5.74, 6) is 1.79. The third-order valence-corrected chi connectivity index (χ3v) is 2.43. The highest BCUT2D eigenvalue weighted by molar-refractivity contribution is 5.43. The van der Waals surface area contributed by atoms with Crippen molar-refractivity contribution in [3.8, 4) is 11.5 Å². The van der Waals surface area contributed by atoms with E-state index in [0.29, 0.717) is 13.2 Å². The molecule has 1 aromatic rings. The summed E-state index contributed by atoms with van der Waals surface area (Å²) >= 11 is 0. The quantitative estimate of drug-likeness (QED) is 0.765. The first kappa shape index (κ1) is 16.8. The van der Waals surface area contributed by atoms with Gasteiger partial charge in [0.05, 0.1) is 0 Å². The zero-order valence-electron chi connectivity index (χ0n) is 12.6. The Labute approximate surface area is 112 Å². The lowest BCUT2D eigenvalue weighted by Gasteiger charge is -2.18. The maximum atomic E-state index is 5.52. The van der Waals surface area contributed by atoms with E-state index < -0.39 is 0 Å². The molecule has 0 fully saturated rings. The predicted octanol–water partition coefficient (Wildman–Crippen LogP) is 4.85. The first-order valence-corrected chi connectivity index (χ1v) is 7.28. The SMILES string of the molecule is CC.CC.CCCCc1ccc2c(c1)OCCO2. The van der Waals surface area contributed by atoms with Crippen molar-refractivity contribution in [2.75, 3.05) is 13.2 Å². The molecule has 0 unspecified atom stereocenters. The molecule has 1 aliphatic heterocycles. The molecular weight excluding hydrogens is 224 g/mol. The van der Waals surface area contributed by atoms with Gasteiger partial charge in [0, 0.05) is 0 Å². The molecule has 0 saturated carbocycles. The number of fused-ring (bicyclic) bond motifs is 1. The maximum Gasteiger partial charge on any atom is 0.161 e. The van der Waals surface area contributed by atoms with Crippen LogP contribution in [0.15, 0.2) is 18.2 Å². The number of hydrogen-bond acceptors (Lipinski definition) is 2. The second-order valence-electron chi connectivity index (χ2n) is 3.58. The molecule has 2 heteroatoms. The van der Waals surface area contributed by atoms with Crippen molar-refractivity contribution in [3.05, 3.63) is 23.8 Å². The molecule has 104 valence electrons. The number of hydrogen-bond donors (Lipinski definition) is 0. The van der Waals surface area contributed by atoms with Gasteiger partial charge in [0.1, 0.15) is 13.2 Å². The van der Waals surface area contributed by atoms with Crippen molar-refractivity contribution in [2.24, 2.45) is 0 Å². The van der Waals surface area contributed by atoms with Crippen LogP contribution in [-0.4, -0.2) is 13.2 Å². The molecule has 1 aromatic carbocycles. The fourth-order valence-electron chi connectivity index (χ4n) is 1.62. The van der Waals surface area contributed by atoms with E-state index in [1.807, 2.05) is 33.8 Å². The van der Waals surface area contributed by atoms with Crippen molar-refractivity contribution in [1.29, 1.82) is 0 Å². The van der Waals surface area contributed by atoms with Gasteiger partial charge in [-0.2, -0.15) is 0 Å². The average molecular weight is 252 g/mol. The molecule has 1 aliphatic rings. The topological polar surface area (TPSA) is 18.5 Å². The van der Waals surface area contributed by atoms with E-state index in [1.165, 1.54) is 18.4 Å². The molecule has 0 N–H and O–H groups in total. The summed E-state index contributed by atoms with van der Waals surface area (Å²) in [5.41, 5.74) is 1.34. The molecule has 0 saturated heterocycles. The van der Waals surface area contributed by atoms with Crippen molar-refractivity contribution >= 4 is 0 Å². The van der Waals surface area contributed by atoms with E-state index in [2.05, 4.69) is 19.1 Å². The van der Waals surface area contributed by atoms with Crippen LogP contribution in [0, 0.1) is 0 Å². The monoisotopic (exact) mass is 252 g/mol. The average Bonchev–Trinajstić information content (AvgIpc) is 2.49. The van der Waals surface area contributed by atoms with Crippen LogP contribution in [0.4, 0.5) is 0 Å². The molecule has 0 spiro atoms. The summed E-state index contributed by atoms with van der Waals surface area (Å²) in [6, 6.07) is 6.24. The summed E-state index contributed by atoms with van der Waals surface area (Å²) in [5, 5.41) is 0. The van der Waals surface area contributed by atoms with Gasteiger partial charge >= 0.3 is 0 Å². The molecule has 1 heterocycles. The Balaban J connectivity index is 0.000000659. The van der Waals surface area contributed by atoms with Gasteiger partial charge in [0.2, 0.25) is 0 Å². The largest absolute Gasteiger partial charge is 0.486 e. The van der Waals surface area contributed by atoms with E-state index >= 15 is 0 Å². The van der Waals surface area contributed by atoms with Gasteiger partial charge in [-0.15, -0.1) is 0 Å². The predicted molar refractivity (Wildman–Crippen MR) is 78.7 cm³/mol. The molecular formula is C16H28O2. The summed E-state index contributed by atoms with van der Waals surface area (Å²) < 4.78 is 11.0. The molecule has 2 nitrogen and oxygen atoms in total. The summed E-state index contributed by atoms with van der Waals surface area (Å²) in [6.07, 6.45) is 3.60. The number of ether oxygens (including phenoxy) is 2. The van der Waals surface area contributed by atoms with Crippen molar-refractivity contribution < 1.29 is 9.47 Å². The molecule has 0 atom stereocenters. The fourth-order valence-corrected chi connectivity index (χ4v) is 1.62. The van der Waals surface area contributed by atoms with Crippen LogP contribution < -0.4 is 9.47 Å². The van der Waals surface area contributed by atoms with Crippen LogP contribution in [0.25, 0.3) is 0 Å². The molecule has 0 aliphatic carbocycles. The van der Waals surface area contributed by atoms with E-state index in [0.717, 1.165) is 17.9 Å². The zero-order chi connectivity index (χ0) is 13.8. The molecule has 0 radical (unpaired) electrons. The number of benzene rings is 1. The Morgan fingerprint density at radius 2 is 1.56 bits per heavy atom. The Morgan fingerprint density at radius 1 is 0.944 bits per heavy atom. The van der Waals surface area contributed by atoms with Gasteiger partial charge in [-0.1, -0.05) is 47.1 Å². The van der Waals surface area contributed by atoms with Crippen molar-refractivity contribution in [2.45, 2.75) is 53.9 Å². The van der Waals surface area contributed by atoms with E-state index in [9.17, 15) is 0 Å². The third kappa shape index (κ3) is 5.44. The lowest BCUT2D eigenvalue weighted by atomic mass is 10.1. The molecule has 0 amide bonds. The van der Waals surface area contributed by atoms with Crippen LogP contribution in [0.5, 0.6) is 11.5 Å². The Hall–Kier alpha value is -1.18. The molecule has 18 heavy (non-hydrogen) atoms. The lowest BCUT2D eigenvalue weighted by molar-refractivity contribution is 0.171. The van der Waals surface area contributed by atoms with Gasteiger partial charge in [0.15, 0.2) is 11.5 Å². The Morgan fingerprint density at radius 3 is 2.17 bits per heavy atom. The number of unbranched alkanes of at least 4 members (excludes halogenated alkanes) is 1. The fraction of sp³-hybridized carbons (Fsp3) is 0.625. The first-order valence-electron chi connectivity index (χ1n) is 7.28. The number of rotatable bonds is 3. The summed E-state index contributed by atoms with van der Waals surface area (Å²) in [4.78, 5) is 0. The summed E-state index contributed by atoms with van der Waals surface area (Å²) in [6.45, 7) is 11.5. The minimum absolute atomic E-state index is 0.668. The smallest absolute Gasteiger partial charge is 0.161 e. The zero-order valence-corrected chi connectivity index (χ0v) is 12.6. The maximum absolute atomic E-state index is 5.52. The second kappa shape index (κ2) is 10.9. The summed E-state index contributed by atoms with van der Waals surface area (Å²) in [7, 11) is 0.